The summed E-state index contributed by atoms with van der Waals surface area (Å²) in [4.78, 5) is -1.75. The van der Waals surface area contributed by atoms with Gasteiger partial charge in [0, 0.05) is 0 Å². The van der Waals surface area contributed by atoms with Gasteiger partial charge in [0.15, 0.2) is 23.0 Å². The molecule has 2 aromatic rings. The zero-order chi connectivity index (χ0) is 25.0. The van der Waals surface area contributed by atoms with Crippen LogP contribution in [0.3, 0.4) is 0 Å². The van der Waals surface area contributed by atoms with Gasteiger partial charge in [-0.05, 0) is 40.2 Å². The molecule has 0 radical (unpaired) electrons. The van der Waals surface area contributed by atoms with E-state index in [2.05, 4.69) is 0 Å². The van der Waals surface area contributed by atoms with Crippen molar-refractivity contribution in [2.45, 2.75) is 62.2 Å². The molecule has 0 aliphatic carbocycles. The molecule has 2 rings (SSSR count). The SMILES string of the molecule is CC(C)(C)c1cc(Oc2cc(C(C)(C)C)c(S(=O)(=O)O)c(O)c2O)c(O)c(S(=O)(=O)O)c1. The topological polar surface area (TPSA) is 179 Å². The molecule has 0 fully saturated rings. The Morgan fingerprint density at radius 2 is 1.19 bits per heavy atom. The van der Waals surface area contributed by atoms with E-state index in [1.54, 1.807) is 41.5 Å². The lowest BCUT2D eigenvalue weighted by Gasteiger charge is -2.25. The van der Waals surface area contributed by atoms with E-state index in [1.165, 1.54) is 6.07 Å². The molecule has 0 bridgehead atoms. The van der Waals surface area contributed by atoms with E-state index in [9.17, 15) is 41.3 Å². The van der Waals surface area contributed by atoms with Crippen molar-refractivity contribution in [1.29, 1.82) is 0 Å². The molecule has 0 atom stereocenters. The van der Waals surface area contributed by atoms with Crippen LogP contribution in [0.4, 0.5) is 0 Å². The Labute approximate surface area is 186 Å². The Balaban J connectivity index is 2.87. The maximum absolute atomic E-state index is 11.8. The molecular weight excluding hydrogens is 464 g/mol. The standard InChI is InChI=1S/C20H26O10S2/c1-19(2,3)10-7-12(15(21)14(8-10)31(24,25)26)30-13-9-11(20(4,5)6)18(32(27,28)29)17(23)16(13)22/h7-9,21-23H,1-6H3,(H,24,25,26)(H,27,28,29). The van der Waals surface area contributed by atoms with E-state index < -0.39 is 69.6 Å². The van der Waals surface area contributed by atoms with Crippen molar-refractivity contribution in [3.8, 4) is 28.7 Å². The molecule has 12 heteroatoms. The molecule has 0 spiro atoms. The average Bonchev–Trinajstić information content (AvgIpc) is 2.56. The largest absolute Gasteiger partial charge is 0.503 e. The lowest BCUT2D eigenvalue weighted by Crippen LogP contribution is -2.17. The van der Waals surface area contributed by atoms with Crippen LogP contribution in [-0.4, -0.2) is 41.3 Å². The number of rotatable bonds is 4. The van der Waals surface area contributed by atoms with Gasteiger partial charge in [-0.15, -0.1) is 0 Å². The van der Waals surface area contributed by atoms with Crippen LogP contribution in [0.2, 0.25) is 0 Å². The van der Waals surface area contributed by atoms with Gasteiger partial charge in [-0.3, -0.25) is 9.11 Å². The minimum atomic E-state index is -4.95. The highest BCUT2D eigenvalue weighted by atomic mass is 32.2. The third-order valence-corrected chi connectivity index (χ3v) is 6.46. The summed E-state index contributed by atoms with van der Waals surface area (Å²) < 4.78 is 71.7. The molecule has 0 aliphatic rings. The van der Waals surface area contributed by atoms with Crippen LogP contribution < -0.4 is 4.74 Å². The van der Waals surface area contributed by atoms with Crippen molar-refractivity contribution >= 4 is 20.2 Å². The first-order valence-electron chi connectivity index (χ1n) is 9.25. The van der Waals surface area contributed by atoms with Crippen molar-refractivity contribution in [2.75, 3.05) is 0 Å². The monoisotopic (exact) mass is 490 g/mol. The first-order chi connectivity index (χ1) is 14.2. The summed E-state index contributed by atoms with van der Waals surface area (Å²) >= 11 is 0. The van der Waals surface area contributed by atoms with E-state index in [1.807, 2.05) is 0 Å². The van der Waals surface area contributed by atoms with E-state index in [0.717, 1.165) is 12.1 Å². The first-order valence-corrected chi connectivity index (χ1v) is 12.1. The molecule has 0 amide bonds. The second-order valence-electron chi connectivity index (χ2n) is 9.32. The van der Waals surface area contributed by atoms with E-state index in [0.29, 0.717) is 5.56 Å². The van der Waals surface area contributed by atoms with Crippen LogP contribution >= 0.6 is 0 Å². The molecule has 0 heterocycles. The molecule has 0 saturated carbocycles. The number of phenolic OH excluding ortho intramolecular Hbond substituents is 3. The third kappa shape index (κ3) is 5.09. The van der Waals surface area contributed by atoms with Crippen LogP contribution in [0.5, 0.6) is 28.7 Å². The number of phenols is 3. The maximum atomic E-state index is 11.8. The van der Waals surface area contributed by atoms with Gasteiger partial charge in [-0.1, -0.05) is 41.5 Å². The number of aromatic hydroxyl groups is 3. The summed E-state index contributed by atoms with van der Waals surface area (Å²) in [5, 5.41) is 31.1. The Bertz CT molecular complexity index is 1280. The number of benzene rings is 2. The summed E-state index contributed by atoms with van der Waals surface area (Å²) in [7, 11) is -9.81. The highest BCUT2D eigenvalue weighted by molar-refractivity contribution is 7.86. The number of ether oxygens (including phenoxy) is 1. The van der Waals surface area contributed by atoms with Gasteiger partial charge in [-0.25, -0.2) is 0 Å². The summed E-state index contributed by atoms with van der Waals surface area (Å²) in [6.07, 6.45) is 0. The third-order valence-electron chi connectivity index (χ3n) is 4.66. The van der Waals surface area contributed by atoms with Gasteiger partial charge in [0.2, 0.25) is 5.75 Å². The van der Waals surface area contributed by atoms with Gasteiger partial charge < -0.3 is 20.1 Å². The lowest BCUT2D eigenvalue weighted by atomic mass is 9.86. The average molecular weight is 491 g/mol. The van der Waals surface area contributed by atoms with Gasteiger partial charge >= 0.3 is 0 Å². The zero-order valence-corrected chi connectivity index (χ0v) is 20.0. The fourth-order valence-corrected chi connectivity index (χ4v) is 4.53. The Kier molecular flexibility index (Phi) is 6.27. The minimum absolute atomic E-state index is 0.119. The molecule has 10 nitrogen and oxygen atoms in total. The van der Waals surface area contributed by atoms with Gasteiger partial charge in [0.1, 0.15) is 9.79 Å². The van der Waals surface area contributed by atoms with Gasteiger partial charge in [0.05, 0.1) is 0 Å². The summed E-state index contributed by atoms with van der Waals surface area (Å²) in [6.45, 7) is 9.93. The lowest BCUT2D eigenvalue weighted by molar-refractivity contribution is 0.347. The smallest absolute Gasteiger partial charge is 0.298 e. The summed E-state index contributed by atoms with van der Waals surface area (Å²) in [5.74, 6) is -4.23. The van der Waals surface area contributed by atoms with Gasteiger partial charge in [0.25, 0.3) is 20.2 Å². The Morgan fingerprint density at radius 1 is 0.688 bits per heavy atom. The first kappa shape index (κ1) is 25.7. The predicted molar refractivity (Wildman–Crippen MR) is 115 cm³/mol. The fourth-order valence-electron chi connectivity index (χ4n) is 2.92. The van der Waals surface area contributed by atoms with E-state index >= 15 is 0 Å². The molecular formula is C20H26O10S2. The van der Waals surface area contributed by atoms with Crippen LogP contribution in [0.1, 0.15) is 52.7 Å². The molecule has 0 saturated heterocycles. The Morgan fingerprint density at radius 3 is 1.59 bits per heavy atom. The molecule has 32 heavy (non-hydrogen) atoms. The van der Waals surface area contributed by atoms with Crippen molar-refractivity contribution in [1.82, 2.24) is 0 Å². The summed E-state index contributed by atoms with van der Waals surface area (Å²) in [5.41, 5.74) is -1.40. The van der Waals surface area contributed by atoms with Crippen molar-refractivity contribution in [2.24, 2.45) is 0 Å². The number of hydrogen-bond acceptors (Lipinski definition) is 8. The van der Waals surface area contributed by atoms with E-state index in [-0.39, 0.29) is 5.56 Å². The van der Waals surface area contributed by atoms with Crippen LogP contribution in [0.15, 0.2) is 28.0 Å². The van der Waals surface area contributed by atoms with Crippen molar-refractivity contribution in [3.05, 3.63) is 29.3 Å². The van der Waals surface area contributed by atoms with Gasteiger partial charge in [-0.2, -0.15) is 16.8 Å². The van der Waals surface area contributed by atoms with E-state index in [4.69, 9.17) is 4.74 Å². The van der Waals surface area contributed by atoms with Crippen LogP contribution in [0, 0.1) is 0 Å². The second kappa shape index (κ2) is 7.80. The van der Waals surface area contributed by atoms with Crippen molar-refractivity contribution in [3.63, 3.8) is 0 Å². The zero-order valence-electron chi connectivity index (χ0n) is 18.3. The minimum Gasteiger partial charge on any atom is -0.503 e. The Hall–Kier alpha value is -2.54. The maximum Gasteiger partial charge on any atom is 0.298 e. The number of hydrogen-bond donors (Lipinski definition) is 5. The molecule has 2 aromatic carbocycles. The van der Waals surface area contributed by atoms with Crippen LogP contribution in [0.25, 0.3) is 0 Å². The normalized spacial score (nSPS) is 13.2. The second-order valence-corrected chi connectivity index (χ2v) is 12.1. The molecule has 0 aliphatic heterocycles. The fraction of sp³-hybridized carbons (Fsp3) is 0.400. The summed E-state index contributed by atoms with van der Waals surface area (Å²) in [6, 6.07) is 3.37. The van der Waals surface area contributed by atoms with Crippen LogP contribution in [-0.2, 0) is 31.1 Å². The molecule has 0 aromatic heterocycles. The van der Waals surface area contributed by atoms with Crippen molar-refractivity contribution < 1.29 is 46.0 Å². The molecule has 5 N–H and O–H groups in total. The predicted octanol–water partition coefficient (Wildman–Crippen LogP) is 3.68. The molecule has 0 unspecified atom stereocenters. The molecule has 178 valence electrons. The highest BCUT2D eigenvalue weighted by Crippen LogP contribution is 2.49. The quantitative estimate of drug-likeness (QED) is 0.313. The highest BCUT2D eigenvalue weighted by Gasteiger charge is 2.33.